The fourth-order valence-electron chi connectivity index (χ4n) is 2.83. The molecule has 0 amide bonds. The van der Waals surface area contributed by atoms with Crippen molar-refractivity contribution in [2.75, 3.05) is 0 Å². The molecule has 0 unspecified atom stereocenters. The van der Waals surface area contributed by atoms with Gasteiger partial charge in [0.05, 0.1) is 4.92 Å². The molecule has 0 aliphatic heterocycles. The molecule has 4 rings (SSSR count). The lowest BCUT2D eigenvalue weighted by molar-refractivity contribution is -0.380. The van der Waals surface area contributed by atoms with Crippen molar-refractivity contribution in [2.24, 2.45) is 0 Å². The number of rotatable bonds is 5. The minimum absolute atomic E-state index is 0.180. The Morgan fingerprint density at radius 2 is 1.25 bits per heavy atom. The first-order chi connectivity index (χ1) is 11.7. The van der Waals surface area contributed by atoms with Gasteiger partial charge in [0.15, 0.2) is 0 Å². The van der Waals surface area contributed by atoms with Gasteiger partial charge in [-0.1, -0.05) is 29.5 Å². The van der Waals surface area contributed by atoms with E-state index in [0.717, 1.165) is 4.88 Å². The standard InChI is InChI=1S/C17H11NO2S4/c19-18(20)16-8-7-15(24-16)17(12-4-1-9-21-12,13-5-2-10-22-13)14-6-3-11-23-14/h1-11H. The molecule has 0 fully saturated rings. The number of thiophene rings is 4. The monoisotopic (exact) mass is 389 g/mol. The van der Waals surface area contributed by atoms with Gasteiger partial charge in [-0.15, -0.1) is 34.0 Å². The maximum atomic E-state index is 11.2. The average molecular weight is 390 g/mol. The first kappa shape index (κ1) is 15.7. The van der Waals surface area contributed by atoms with Crippen LogP contribution in [0.4, 0.5) is 5.00 Å². The molecule has 120 valence electrons. The third-order valence-corrected chi connectivity index (χ3v) is 7.94. The van der Waals surface area contributed by atoms with Crippen molar-refractivity contribution in [1.29, 1.82) is 0 Å². The number of nitrogens with zero attached hydrogens (tertiary/aromatic N) is 1. The van der Waals surface area contributed by atoms with Crippen LogP contribution in [0.5, 0.6) is 0 Å². The Bertz CT molecular complexity index is 853. The van der Waals surface area contributed by atoms with Crippen molar-refractivity contribution in [3.63, 3.8) is 0 Å². The summed E-state index contributed by atoms with van der Waals surface area (Å²) in [7, 11) is 0. The van der Waals surface area contributed by atoms with Gasteiger partial charge in [0, 0.05) is 25.6 Å². The summed E-state index contributed by atoms with van der Waals surface area (Å²) in [6.45, 7) is 0. The lowest BCUT2D eigenvalue weighted by atomic mass is 9.81. The van der Waals surface area contributed by atoms with E-state index < -0.39 is 5.41 Å². The predicted molar refractivity (Wildman–Crippen MR) is 103 cm³/mol. The van der Waals surface area contributed by atoms with E-state index in [9.17, 15) is 10.1 Å². The number of hydrogen-bond acceptors (Lipinski definition) is 6. The molecular formula is C17H11NO2S4. The molecule has 0 saturated carbocycles. The summed E-state index contributed by atoms with van der Waals surface area (Å²) in [4.78, 5) is 15.5. The van der Waals surface area contributed by atoms with Crippen LogP contribution in [0.15, 0.2) is 64.7 Å². The molecule has 4 aromatic heterocycles. The molecule has 4 aromatic rings. The van der Waals surface area contributed by atoms with Crippen molar-refractivity contribution in [1.82, 2.24) is 0 Å². The van der Waals surface area contributed by atoms with E-state index in [1.807, 2.05) is 24.3 Å². The zero-order chi connectivity index (χ0) is 16.6. The summed E-state index contributed by atoms with van der Waals surface area (Å²) >= 11 is 6.33. The fourth-order valence-corrected chi connectivity index (χ4v) is 7.18. The molecule has 0 aliphatic carbocycles. The van der Waals surface area contributed by atoms with Crippen LogP contribution in [0.25, 0.3) is 0 Å². The molecule has 24 heavy (non-hydrogen) atoms. The van der Waals surface area contributed by atoms with Crippen LogP contribution in [-0.4, -0.2) is 4.92 Å². The maximum Gasteiger partial charge on any atom is 0.324 e. The first-order valence-electron chi connectivity index (χ1n) is 7.09. The van der Waals surface area contributed by atoms with Crippen LogP contribution in [-0.2, 0) is 5.41 Å². The van der Waals surface area contributed by atoms with Crippen LogP contribution in [0.3, 0.4) is 0 Å². The molecule has 0 aliphatic rings. The van der Waals surface area contributed by atoms with Gasteiger partial charge in [-0.3, -0.25) is 10.1 Å². The van der Waals surface area contributed by atoms with Gasteiger partial charge >= 0.3 is 5.00 Å². The lowest BCUT2D eigenvalue weighted by Crippen LogP contribution is -2.26. The Labute approximate surface area is 154 Å². The Morgan fingerprint density at radius 1 is 0.750 bits per heavy atom. The molecule has 0 saturated heterocycles. The summed E-state index contributed by atoms with van der Waals surface area (Å²) in [5.41, 5.74) is -0.463. The third kappa shape index (κ3) is 2.36. The van der Waals surface area contributed by atoms with Gasteiger partial charge < -0.3 is 0 Å². The largest absolute Gasteiger partial charge is 0.324 e. The quantitative estimate of drug-likeness (QED) is 0.300. The first-order valence-corrected chi connectivity index (χ1v) is 10.5. The van der Waals surface area contributed by atoms with Crippen molar-refractivity contribution in [2.45, 2.75) is 5.41 Å². The Balaban J connectivity index is 2.06. The van der Waals surface area contributed by atoms with E-state index in [1.165, 1.54) is 26.0 Å². The maximum absolute atomic E-state index is 11.2. The normalized spacial score (nSPS) is 11.7. The van der Waals surface area contributed by atoms with Crippen LogP contribution in [0.2, 0.25) is 0 Å². The van der Waals surface area contributed by atoms with Crippen molar-refractivity contribution >= 4 is 50.3 Å². The molecule has 0 radical (unpaired) electrons. The van der Waals surface area contributed by atoms with Gasteiger partial charge in [0.25, 0.3) is 0 Å². The van der Waals surface area contributed by atoms with Gasteiger partial charge in [-0.2, -0.15) is 0 Å². The van der Waals surface area contributed by atoms with E-state index in [1.54, 1.807) is 40.1 Å². The van der Waals surface area contributed by atoms with Crippen molar-refractivity contribution in [3.05, 3.63) is 94.3 Å². The second kappa shape index (κ2) is 6.25. The highest BCUT2D eigenvalue weighted by molar-refractivity contribution is 7.17. The molecule has 0 spiro atoms. The summed E-state index contributed by atoms with van der Waals surface area (Å²) < 4.78 is 0. The van der Waals surface area contributed by atoms with Gasteiger partial charge in [0.2, 0.25) is 0 Å². The van der Waals surface area contributed by atoms with E-state index in [2.05, 4.69) is 34.3 Å². The Hall–Kier alpha value is -1.80. The lowest BCUT2D eigenvalue weighted by Gasteiger charge is -2.30. The number of hydrogen-bond donors (Lipinski definition) is 0. The summed E-state index contributed by atoms with van der Waals surface area (Å²) in [6.07, 6.45) is 0. The molecule has 3 nitrogen and oxygen atoms in total. The van der Waals surface area contributed by atoms with Crippen molar-refractivity contribution in [3.8, 4) is 0 Å². The minimum Gasteiger partial charge on any atom is -0.258 e. The zero-order valence-corrected chi connectivity index (χ0v) is 15.5. The van der Waals surface area contributed by atoms with Crippen LogP contribution in [0.1, 0.15) is 19.5 Å². The zero-order valence-electron chi connectivity index (χ0n) is 12.2. The van der Waals surface area contributed by atoms with E-state index >= 15 is 0 Å². The van der Waals surface area contributed by atoms with Gasteiger partial charge in [0.1, 0.15) is 5.41 Å². The molecule has 0 N–H and O–H groups in total. The smallest absolute Gasteiger partial charge is 0.258 e. The van der Waals surface area contributed by atoms with Gasteiger partial charge in [-0.25, -0.2) is 0 Å². The van der Waals surface area contributed by atoms with E-state index in [-0.39, 0.29) is 9.92 Å². The summed E-state index contributed by atoms with van der Waals surface area (Å²) in [5, 5.41) is 17.6. The highest BCUT2D eigenvalue weighted by Gasteiger charge is 2.43. The summed E-state index contributed by atoms with van der Waals surface area (Å²) in [6, 6.07) is 16.0. The van der Waals surface area contributed by atoms with E-state index in [0.29, 0.717) is 0 Å². The van der Waals surface area contributed by atoms with Crippen LogP contribution < -0.4 is 0 Å². The second-order valence-electron chi connectivity index (χ2n) is 5.08. The van der Waals surface area contributed by atoms with Gasteiger partial charge in [-0.05, 0) is 40.4 Å². The predicted octanol–water partition coefficient (Wildman–Crippen LogP) is 6.22. The molecular weight excluding hydrogens is 378 g/mol. The molecule has 0 aromatic carbocycles. The number of nitro groups is 1. The molecule has 0 atom stereocenters. The Kier molecular flexibility index (Phi) is 4.09. The SMILES string of the molecule is O=[N+]([O-])c1ccc(C(c2cccs2)(c2cccs2)c2cccs2)s1. The second-order valence-corrected chi connectivity index (χ2v) is 8.98. The summed E-state index contributed by atoms with van der Waals surface area (Å²) in [5.74, 6) is 0. The van der Waals surface area contributed by atoms with Crippen LogP contribution in [0, 0.1) is 10.1 Å². The fraction of sp³-hybridized carbons (Fsp3) is 0.0588. The average Bonchev–Trinajstić information content (AvgIpc) is 3.38. The topological polar surface area (TPSA) is 43.1 Å². The molecule has 4 heterocycles. The molecule has 7 heteroatoms. The van der Waals surface area contributed by atoms with E-state index in [4.69, 9.17) is 0 Å². The van der Waals surface area contributed by atoms with Crippen molar-refractivity contribution < 1.29 is 4.92 Å². The van der Waals surface area contributed by atoms with Crippen LogP contribution >= 0.6 is 45.3 Å². The third-order valence-electron chi connectivity index (χ3n) is 3.81. The highest BCUT2D eigenvalue weighted by Crippen LogP contribution is 2.52. The Morgan fingerprint density at radius 3 is 1.58 bits per heavy atom. The molecule has 0 bridgehead atoms. The minimum atomic E-state index is -0.463. The highest BCUT2D eigenvalue weighted by atomic mass is 32.1.